The number of rotatable bonds is 6. The zero-order valence-electron chi connectivity index (χ0n) is 10.0. The summed E-state index contributed by atoms with van der Waals surface area (Å²) in [6.07, 6.45) is 1.80. The minimum absolute atomic E-state index is 0.663. The molecule has 0 saturated heterocycles. The second kappa shape index (κ2) is 6.56. The van der Waals surface area contributed by atoms with Crippen LogP contribution in [-0.4, -0.2) is 23.9 Å². The van der Waals surface area contributed by atoms with Gasteiger partial charge in [-0.3, -0.25) is 0 Å². The van der Waals surface area contributed by atoms with E-state index in [0.29, 0.717) is 6.61 Å². The zero-order valence-corrected chi connectivity index (χ0v) is 11.6. The molecule has 2 rings (SSSR count). The Hall–Kier alpha value is -1.33. The highest BCUT2D eigenvalue weighted by Gasteiger charge is 2.02. The monoisotopic (exact) mass is 283 g/mol. The Labute approximate surface area is 115 Å². The highest BCUT2D eigenvalue weighted by atomic mass is 35.5. The largest absolute Gasteiger partial charge is 0.494 e. The van der Waals surface area contributed by atoms with Gasteiger partial charge in [0.2, 0.25) is 5.13 Å². The molecule has 0 aliphatic rings. The van der Waals surface area contributed by atoms with Crippen LogP contribution in [0.15, 0.2) is 24.3 Å². The summed E-state index contributed by atoms with van der Waals surface area (Å²) in [6, 6.07) is 7.38. The van der Waals surface area contributed by atoms with Crippen molar-refractivity contribution in [1.82, 2.24) is 10.2 Å². The summed E-state index contributed by atoms with van der Waals surface area (Å²) in [4.78, 5) is 0. The van der Waals surface area contributed by atoms with Crippen LogP contribution in [0, 0.1) is 0 Å². The van der Waals surface area contributed by atoms with E-state index in [1.165, 1.54) is 0 Å². The number of nitrogens with one attached hydrogen (secondary N) is 1. The van der Waals surface area contributed by atoms with Gasteiger partial charge in [0, 0.05) is 18.5 Å². The van der Waals surface area contributed by atoms with Gasteiger partial charge in [0.15, 0.2) is 0 Å². The fraction of sp³-hybridized carbons (Fsp3) is 0.333. The molecule has 0 aliphatic heterocycles. The van der Waals surface area contributed by atoms with Crippen LogP contribution < -0.4 is 10.1 Å². The highest BCUT2D eigenvalue weighted by Crippen LogP contribution is 2.17. The van der Waals surface area contributed by atoms with Crippen LogP contribution in [-0.2, 0) is 6.42 Å². The van der Waals surface area contributed by atoms with Gasteiger partial charge in [0.25, 0.3) is 0 Å². The van der Waals surface area contributed by atoms with E-state index in [0.717, 1.165) is 33.8 Å². The first-order valence-corrected chi connectivity index (χ1v) is 6.86. The lowest BCUT2D eigenvalue weighted by Crippen LogP contribution is -1.99. The SMILES string of the molecule is CNc1nnc(CCCOc2ccc(Cl)cc2)s1. The van der Waals surface area contributed by atoms with Crippen LogP contribution in [0.5, 0.6) is 5.75 Å². The van der Waals surface area contributed by atoms with E-state index in [1.54, 1.807) is 11.3 Å². The van der Waals surface area contributed by atoms with Gasteiger partial charge in [0.1, 0.15) is 10.8 Å². The smallest absolute Gasteiger partial charge is 0.205 e. The molecule has 0 atom stereocenters. The Morgan fingerprint density at radius 3 is 2.72 bits per heavy atom. The van der Waals surface area contributed by atoms with Gasteiger partial charge in [-0.05, 0) is 30.7 Å². The number of hydrogen-bond donors (Lipinski definition) is 1. The van der Waals surface area contributed by atoms with Gasteiger partial charge in [-0.25, -0.2) is 0 Å². The molecular formula is C12H14ClN3OS. The molecule has 0 bridgehead atoms. The summed E-state index contributed by atoms with van der Waals surface area (Å²) in [5, 5.41) is 13.6. The predicted molar refractivity (Wildman–Crippen MR) is 74.7 cm³/mol. The lowest BCUT2D eigenvalue weighted by atomic mass is 10.3. The Morgan fingerprint density at radius 1 is 1.28 bits per heavy atom. The molecule has 1 aromatic carbocycles. The van der Waals surface area contributed by atoms with Gasteiger partial charge in [-0.2, -0.15) is 0 Å². The first-order chi connectivity index (χ1) is 8.78. The fourth-order valence-corrected chi connectivity index (χ4v) is 2.26. The molecule has 0 radical (unpaired) electrons. The van der Waals surface area contributed by atoms with Crippen molar-refractivity contribution in [3.63, 3.8) is 0 Å². The minimum atomic E-state index is 0.663. The molecule has 18 heavy (non-hydrogen) atoms. The number of aromatic nitrogens is 2. The van der Waals surface area contributed by atoms with E-state index in [2.05, 4.69) is 15.5 Å². The number of benzene rings is 1. The normalized spacial score (nSPS) is 10.3. The van der Waals surface area contributed by atoms with Crippen molar-refractivity contribution in [2.75, 3.05) is 19.0 Å². The van der Waals surface area contributed by atoms with Crippen LogP contribution in [0.1, 0.15) is 11.4 Å². The van der Waals surface area contributed by atoms with Crippen molar-refractivity contribution in [3.05, 3.63) is 34.3 Å². The molecule has 2 aromatic rings. The quantitative estimate of drug-likeness (QED) is 0.827. The topological polar surface area (TPSA) is 47.0 Å². The van der Waals surface area contributed by atoms with Crippen LogP contribution in [0.4, 0.5) is 5.13 Å². The molecule has 0 aliphatic carbocycles. The molecule has 1 N–H and O–H groups in total. The lowest BCUT2D eigenvalue weighted by Gasteiger charge is -2.04. The molecule has 0 fully saturated rings. The number of ether oxygens (including phenoxy) is 1. The van der Waals surface area contributed by atoms with Crippen LogP contribution in [0.2, 0.25) is 5.02 Å². The van der Waals surface area contributed by atoms with Crippen molar-refractivity contribution < 1.29 is 4.74 Å². The summed E-state index contributed by atoms with van der Waals surface area (Å²) in [7, 11) is 1.84. The third kappa shape index (κ3) is 3.85. The summed E-state index contributed by atoms with van der Waals surface area (Å²) in [5.41, 5.74) is 0. The van der Waals surface area contributed by atoms with E-state index >= 15 is 0 Å². The van der Waals surface area contributed by atoms with E-state index < -0.39 is 0 Å². The minimum Gasteiger partial charge on any atom is -0.494 e. The maximum absolute atomic E-state index is 5.79. The van der Waals surface area contributed by atoms with Crippen molar-refractivity contribution in [3.8, 4) is 5.75 Å². The van der Waals surface area contributed by atoms with Crippen molar-refractivity contribution in [2.24, 2.45) is 0 Å². The van der Waals surface area contributed by atoms with Crippen LogP contribution >= 0.6 is 22.9 Å². The molecule has 0 unspecified atom stereocenters. The van der Waals surface area contributed by atoms with Crippen LogP contribution in [0.25, 0.3) is 0 Å². The standard InChI is InChI=1S/C12H14ClN3OS/c1-14-12-16-15-11(18-12)3-2-8-17-10-6-4-9(13)5-7-10/h4-7H,2-3,8H2,1H3,(H,14,16). The summed E-state index contributed by atoms with van der Waals surface area (Å²) in [5.74, 6) is 0.840. The molecular weight excluding hydrogens is 270 g/mol. The second-order valence-corrected chi connectivity index (χ2v) is 5.16. The molecule has 6 heteroatoms. The Bertz CT molecular complexity index is 486. The average molecular weight is 284 g/mol. The Kier molecular flexibility index (Phi) is 4.78. The molecule has 0 amide bonds. The first-order valence-electron chi connectivity index (χ1n) is 5.66. The van der Waals surface area contributed by atoms with Gasteiger partial charge < -0.3 is 10.1 Å². The van der Waals surface area contributed by atoms with E-state index in [9.17, 15) is 0 Å². The van der Waals surface area contributed by atoms with Gasteiger partial charge in [-0.1, -0.05) is 22.9 Å². The molecule has 1 aromatic heterocycles. The highest BCUT2D eigenvalue weighted by molar-refractivity contribution is 7.15. The number of halogens is 1. The van der Waals surface area contributed by atoms with Crippen molar-refractivity contribution in [1.29, 1.82) is 0 Å². The molecule has 1 heterocycles. The Balaban J connectivity index is 1.71. The van der Waals surface area contributed by atoms with Crippen LogP contribution in [0.3, 0.4) is 0 Å². The summed E-state index contributed by atoms with van der Waals surface area (Å²) in [6.45, 7) is 0.663. The van der Waals surface area contributed by atoms with E-state index in [1.807, 2.05) is 31.3 Å². The number of anilines is 1. The molecule has 4 nitrogen and oxygen atoms in total. The van der Waals surface area contributed by atoms with Gasteiger partial charge in [0.05, 0.1) is 6.61 Å². The molecule has 0 spiro atoms. The van der Waals surface area contributed by atoms with E-state index in [4.69, 9.17) is 16.3 Å². The summed E-state index contributed by atoms with van der Waals surface area (Å²) < 4.78 is 5.60. The Morgan fingerprint density at radius 2 is 2.06 bits per heavy atom. The third-order valence-electron chi connectivity index (χ3n) is 2.30. The first kappa shape index (κ1) is 13.1. The maximum atomic E-state index is 5.79. The van der Waals surface area contributed by atoms with E-state index in [-0.39, 0.29) is 0 Å². The van der Waals surface area contributed by atoms with Gasteiger partial charge in [-0.15, -0.1) is 10.2 Å². The second-order valence-electron chi connectivity index (χ2n) is 3.66. The average Bonchev–Trinajstić information content (AvgIpc) is 2.85. The third-order valence-corrected chi connectivity index (χ3v) is 3.55. The molecule has 96 valence electrons. The van der Waals surface area contributed by atoms with Gasteiger partial charge >= 0.3 is 0 Å². The fourth-order valence-electron chi connectivity index (χ4n) is 1.40. The number of nitrogens with zero attached hydrogens (tertiary/aromatic N) is 2. The van der Waals surface area contributed by atoms with Crippen molar-refractivity contribution >= 4 is 28.1 Å². The van der Waals surface area contributed by atoms with Crippen molar-refractivity contribution in [2.45, 2.75) is 12.8 Å². The molecule has 0 saturated carbocycles. The predicted octanol–water partition coefficient (Wildman–Crippen LogP) is 3.24. The zero-order chi connectivity index (χ0) is 12.8. The summed E-state index contributed by atoms with van der Waals surface area (Å²) >= 11 is 7.37. The number of aryl methyl sites for hydroxylation is 1. The maximum Gasteiger partial charge on any atom is 0.205 e. The number of hydrogen-bond acceptors (Lipinski definition) is 5. The lowest BCUT2D eigenvalue weighted by molar-refractivity contribution is 0.311.